The fourth-order valence-electron chi connectivity index (χ4n) is 1.17. The molecule has 0 saturated carbocycles. The summed E-state index contributed by atoms with van der Waals surface area (Å²) in [6.45, 7) is 1.84. The second-order valence-corrected chi connectivity index (χ2v) is 4.13. The van der Waals surface area contributed by atoms with E-state index in [2.05, 4.69) is 0 Å². The van der Waals surface area contributed by atoms with E-state index in [1.54, 1.807) is 12.1 Å². The SMILES string of the molecule is Cc1ccc(C#N)c(I)c1C(=O)CCl. The Balaban J connectivity index is 3.42. The summed E-state index contributed by atoms with van der Waals surface area (Å²) in [5, 5.41) is 8.79. The summed E-state index contributed by atoms with van der Waals surface area (Å²) < 4.78 is 0.691. The maximum atomic E-state index is 11.5. The largest absolute Gasteiger partial charge is 0.293 e. The topological polar surface area (TPSA) is 40.9 Å². The van der Waals surface area contributed by atoms with Crippen LogP contribution in [-0.4, -0.2) is 11.7 Å². The van der Waals surface area contributed by atoms with Gasteiger partial charge < -0.3 is 0 Å². The molecule has 0 atom stereocenters. The maximum absolute atomic E-state index is 11.5. The summed E-state index contributed by atoms with van der Waals surface area (Å²) in [4.78, 5) is 11.5. The molecule has 0 aromatic heterocycles. The normalized spacial score (nSPS) is 9.57. The van der Waals surface area contributed by atoms with Crippen LogP contribution in [0.25, 0.3) is 0 Å². The minimum Gasteiger partial charge on any atom is -0.293 e. The molecule has 1 aromatic carbocycles. The van der Waals surface area contributed by atoms with Crippen LogP contribution in [0.1, 0.15) is 21.5 Å². The lowest BCUT2D eigenvalue weighted by molar-refractivity contribution is 0.101. The molecule has 14 heavy (non-hydrogen) atoms. The Morgan fingerprint density at radius 3 is 2.79 bits per heavy atom. The van der Waals surface area contributed by atoms with E-state index in [0.29, 0.717) is 14.7 Å². The van der Waals surface area contributed by atoms with Crippen molar-refractivity contribution in [2.45, 2.75) is 6.92 Å². The van der Waals surface area contributed by atoms with Gasteiger partial charge in [-0.25, -0.2) is 0 Å². The van der Waals surface area contributed by atoms with Crippen molar-refractivity contribution in [2.24, 2.45) is 0 Å². The van der Waals surface area contributed by atoms with Crippen LogP contribution in [0.3, 0.4) is 0 Å². The highest BCUT2D eigenvalue weighted by Crippen LogP contribution is 2.21. The molecule has 4 heteroatoms. The zero-order valence-electron chi connectivity index (χ0n) is 7.47. The fourth-order valence-corrected chi connectivity index (χ4v) is 2.33. The highest BCUT2D eigenvalue weighted by molar-refractivity contribution is 14.1. The molecule has 0 N–H and O–H groups in total. The summed E-state index contributed by atoms with van der Waals surface area (Å²) in [6, 6.07) is 5.51. The molecule has 0 unspecified atom stereocenters. The monoisotopic (exact) mass is 319 g/mol. The van der Waals surface area contributed by atoms with Crippen molar-refractivity contribution in [3.05, 3.63) is 32.4 Å². The lowest BCUT2D eigenvalue weighted by atomic mass is 10.0. The number of aryl methyl sites for hydroxylation is 1. The van der Waals surface area contributed by atoms with Crippen molar-refractivity contribution in [1.82, 2.24) is 0 Å². The Bertz CT molecular complexity index is 423. The number of ketones is 1. The van der Waals surface area contributed by atoms with E-state index in [1.807, 2.05) is 35.6 Å². The van der Waals surface area contributed by atoms with Crippen LogP contribution >= 0.6 is 34.2 Å². The molecule has 1 aromatic rings. The van der Waals surface area contributed by atoms with Gasteiger partial charge in [0.25, 0.3) is 0 Å². The molecule has 72 valence electrons. The van der Waals surface area contributed by atoms with Crippen molar-refractivity contribution >= 4 is 40.0 Å². The van der Waals surface area contributed by atoms with Gasteiger partial charge in [0.15, 0.2) is 5.78 Å². The summed E-state index contributed by atoms with van der Waals surface area (Å²) in [5.74, 6) is -0.184. The molecule has 0 fully saturated rings. The summed E-state index contributed by atoms with van der Waals surface area (Å²) in [5.41, 5.74) is 1.95. The van der Waals surface area contributed by atoms with Gasteiger partial charge in [-0.05, 0) is 41.1 Å². The Morgan fingerprint density at radius 2 is 2.29 bits per heavy atom. The maximum Gasteiger partial charge on any atom is 0.178 e. The Labute approximate surface area is 101 Å². The standard InChI is InChI=1S/C10H7ClINO/c1-6-2-3-7(5-13)10(12)9(6)8(14)4-11/h2-3H,4H2,1H3. The van der Waals surface area contributed by atoms with Crippen LogP contribution in [0.4, 0.5) is 0 Å². The van der Waals surface area contributed by atoms with Crippen molar-refractivity contribution in [2.75, 3.05) is 5.88 Å². The third-order valence-electron chi connectivity index (χ3n) is 1.87. The average molecular weight is 320 g/mol. The van der Waals surface area contributed by atoms with E-state index < -0.39 is 0 Å². The van der Waals surface area contributed by atoms with Gasteiger partial charge in [-0.2, -0.15) is 5.26 Å². The first kappa shape index (κ1) is 11.5. The van der Waals surface area contributed by atoms with Crippen LogP contribution in [0.5, 0.6) is 0 Å². The number of alkyl halides is 1. The number of hydrogen-bond acceptors (Lipinski definition) is 2. The first-order valence-electron chi connectivity index (χ1n) is 3.90. The Hall–Kier alpha value is -0.600. The molecule has 0 radical (unpaired) electrons. The number of benzene rings is 1. The molecule has 0 aliphatic carbocycles. The first-order chi connectivity index (χ1) is 6.61. The Morgan fingerprint density at radius 1 is 1.64 bits per heavy atom. The van der Waals surface area contributed by atoms with E-state index >= 15 is 0 Å². The lowest BCUT2D eigenvalue weighted by Crippen LogP contribution is -2.07. The molecule has 0 saturated heterocycles. The molecule has 0 amide bonds. The smallest absolute Gasteiger partial charge is 0.178 e. The molecule has 0 heterocycles. The highest BCUT2D eigenvalue weighted by atomic mass is 127. The zero-order valence-corrected chi connectivity index (χ0v) is 10.4. The van der Waals surface area contributed by atoms with E-state index in [4.69, 9.17) is 16.9 Å². The summed E-state index contributed by atoms with van der Waals surface area (Å²) >= 11 is 7.49. The quantitative estimate of drug-likeness (QED) is 0.478. The van der Waals surface area contributed by atoms with Gasteiger partial charge >= 0.3 is 0 Å². The number of halogens is 2. The number of carbonyl (C=O) groups excluding carboxylic acids is 1. The van der Waals surface area contributed by atoms with Gasteiger partial charge in [-0.15, -0.1) is 11.6 Å². The van der Waals surface area contributed by atoms with Gasteiger partial charge in [0.2, 0.25) is 0 Å². The minimum atomic E-state index is -0.134. The average Bonchev–Trinajstić information content (AvgIpc) is 2.18. The molecule has 0 spiro atoms. The van der Waals surface area contributed by atoms with Crippen molar-refractivity contribution < 1.29 is 4.79 Å². The van der Waals surface area contributed by atoms with Crippen LogP contribution in [0, 0.1) is 21.8 Å². The predicted molar refractivity (Wildman–Crippen MR) is 63.7 cm³/mol. The van der Waals surface area contributed by atoms with Crippen LogP contribution in [0.2, 0.25) is 0 Å². The molecular formula is C10H7ClINO. The number of hydrogen-bond donors (Lipinski definition) is 0. The number of carbonyl (C=O) groups is 1. The van der Waals surface area contributed by atoms with Gasteiger partial charge in [-0.3, -0.25) is 4.79 Å². The minimum absolute atomic E-state index is 0.0499. The van der Waals surface area contributed by atoms with Gasteiger partial charge in [0, 0.05) is 9.13 Å². The van der Waals surface area contributed by atoms with E-state index in [0.717, 1.165) is 5.56 Å². The van der Waals surface area contributed by atoms with Crippen molar-refractivity contribution in [3.63, 3.8) is 0 Å². The molecule has 0 aliphatic heterocycles. The molecule has 2 nitrogen and oxygen atoms in total. The molecule has 0 aliphatic rings. The molecule has 0 bridgehead atoms. The number of rotatable bonds is 2. The third kappa shape index (κ3) is 2.07. The number of nitrogens with zero attached hydrogens (tertiary/aromatic N) is 1. The van der Waals surface area contributed by atoms with Gasteiger partial charge in [0.05, 0.1) is 11.4 Å². The van der Waals surface area contributed by atoms with Crippen molar-refractivity contribution in [1.29, 1.82) is 5.26 Å². The zero-order chi connectivity index (χ0) is 10.7. The van der Waals surface area contributed by atoms with E-state index in [9.17, 15) is 4.79 Å². The second-order valence-electron chi connectivity index (χ2n) is 2.79. The predicted octanol–water partition coefficient (Wildman–Crippen LogP) is 2.89. The Kier molecular flexibility index (Phi) is 3.90. The lowest BCUT2D eigenvalue weighted by Gasteiger charge is -2.06. The van der Waals surface area contributed by atoms with Gasteiger partial charge in [0.1, 0.15) is 6.07 Å². The number of Topliss-reactive ketones (excluding diaryl/α,β-unsaturated/α-hetero) is 1. The highest BCUT2D eigenvalue weighted by Gasteiger charge is 2.14. The summed E-state index contributed by atoms with van der Waals surface area (Å²) in [7, 11) is 0. The molecular weight excluding hydrogens is 312 g/mol. The van der Waals surface area contributed by atoms with Crippen molar-refractivity contribution in [3.8, 4) is 6.07 Å². The molecule has 1 rings (SSSR count). The number of nitriles is 1. The van der Waals surface area contributed by atoms with Gasteiger partial charge in [-0.1, -0.05) is 6.07 Å². The van der Waals surface area contributed by atoms with E-state index in [1.165, 1.54) is 0 Å². The van der Waals surface area contributed by atoms with Crippen LogP contribution < -0.4 is 0 Å². The second kappa shape index (κ2) is 4.76. The fraction of sp³-hybridized carbons (Fsp3) is 0.200. The van der Waals surface area contributed by atoms with Crippen LogP contribution in [-0.2, 0) is 0 Å². The first-order valence-corrected chi connectivity index (χ1v) is 5.51. The van der Waals surface area contributed by atoms with E-state index in [-0.39, 0.29) is 11.7 Å². The third-order valence-corrected chi connectivity index (χ3v) is 3.23. The van der Waals surface area contributed by atoms with Crippen LogP contribution in [0.15, 0.2) is 12.1 Å². The summed E-state index contributed by atoms with van der Waals surface area (Å²) in [6.07, 6.45) is 0.